The Hall–Kier alpha value is -1.73. The van der Waals surface area contributed by atoms with E-state index in [-0.39, 0.29) is 17.8 Å². The van der Waals surface area contributed by atoms with E-state index in [9.17, 15) is 13.6 Å². The average Bonchev–Trinajstić information content (AvgIpc) is 2.87. The molecular formula is C13H9BrF2N2O2. The summed E-state index contributed by atoms with van der Waals surface area (Å²) in [5.41, 5.74) is 5.86. The molecule has 0 saturated carbocycles. The molecule has 2 heterocycles. The van der Waals surface area contributed by atoms with E-state index >= 15 is 0 Å². The van der Waals surface area contributed by atoms with Crippen molar-refractivity contribution in [1.82, 2.24) is 0 Å². The van der Waals surface area contributed by atoms with Crippen LogP contribution in [0.25, 0.3) is 0 Å². The van der Waals surface area contributed by atoms with Crippen molar-refractivity contribution in [3.8, 4) is 0 Å². The van der Waals surface area contributed by atoms with Crippen molar-refractivity contribution in [2.45, 2.75) is 12.6 Å². The number of anilines is 1. The van der Waals surface area contributed by atoms with E-state index in [2.05, 4.69) is 15.9 Å². The zero-order chi connectivity index (χ0) is 14.4. The molecule has 0 fully saturated rings. The third-order valence-corrected chi connectivity index (χ3v) is 3.91. The number of benzene rings is 1. The van der Waals surface area contributed by atoms with Gasteiger partial charge in [-0.05, 0) is 28.1 Å². The van der Waals surface area contributed by atoms with Crippen LogP contribution in [0.4, 0.5) is 14.5 Å². The summed E-state index contributed by atoms with van der Waals surface area (Å²) in [6.07, 6.45) is 1.45. The number of hydrogen-bond donors (Lipinski definition) is 1. The Kier molecular flexibility index (Phi) is 3.10. The maximum Gasteiger partial charge on any atom is 0.249 e. The third-order valence-electron chi connectivity index (χ3n) is 3.20. The SMILES string of the molecule is NC1C(=O)N(Cc2occc2Br)c2cc(F)cc(F)c21. The normalized spacial score (nSPS) is 17.7. The predicted octanol–water partition coefficient (Wildman–Crippen LogP) is 2.87. The molecule has 0 radical (unpaired) electrons. The zero-order valence-electron chi connectivity index (χ0n) is 10.1. The Morgan fingerprint density at radius 1 is 1.40 bits per heavy atom. The molecule has 1 atom stereocenters. The first-order valence-corrected chi connectivity index (χ1v) is 6.56. The van der Waals surface area contributed by atoms with Crippen LogP contribution in [-0.4, -0.2) is 5.91 Å². The number of fused-ring (bicyclic) bond motifs is 1. The second-order valence-electron chi connectivity index (χ2n) is 4.41. The Morgan fingerprint density at radius 3 is 2.80 bits per heavy atom. The van der Waals surface area contributed by atoms with Gasteiger partial charge in [0.25, 0.3) is 0 Å². The van der Waals surface area contributed by atoms with Crippen molar-refractivity contribution in [3.05, 3.63) is 51.9 Å². The van der Waals surface area contributed by atoms with Crippen molar-refractivity contribution < 1.29 is 18.0 Å². The molecule has 1 aromatic heterocycles. The topological polar surface area (TPSA) is 59.5 Å². The Balaban J connectivity index is 2.06. The smallest absolute Gasteiger partial charge is 0.249 e. The minimum Gasteiger partial charge on any atom is -0.466 e. The summed E-state index contributed by atoms with van der Waals surface area (Å²) >= 11 is 3.27. The van der Waals surface area contributed by atoms with Gasteiger partial charge in [0.05, 0.1) is 23.0 Å². The highest BCUT2D eigenvalue weighted by molar-refractivity contribution is 9.10. The summed E-state index contributed by atoms with van der Waals surface area (Å²) in [5, 5.41) is 0. The fraction of sp³-hybridized carbons (Fsp3) is 0.154. The molecule has 4 nitrogen and oxygen atoms in total. The van der Waals surface area contributed by atoms with E-state index in [0.29, 0.717) is 10.2 Å². The van der Waals surface area contributed by atoms with Gasteiger partial charge in [-0.1, -0.05) is 0 Å². The van der Waals surface area contributed by atoms with Gasteiger partial charge in [-0.2, -0.15) is 0 Å². The molecule has 0 bridgehead atoms. The maximum absolute atomic E-state index is 13.8. The molecule has 104 valence electrons. The number of hydrogen-bond acceptors (Lipinski definition) is 3. The van der Waals surface area contributed by atoms with Crippen molar-refractivity contribution in [1.29, 1.82) is 0 Å². The number of furan rings is 1. The van der Waals surface area contributed by atoms with Gasteiger partial charge in [-0.3, -0.25) is 4.79 Å². The molecule has 1 aliphatic rings. The van der Waals surface area contributed by atoms with Crippen molar-refractivity contribution in [2.24, 2.45) is 5.73 Å². The van der Waals surface area contributed by atoms with Gasteiger partial charge in [0.15, 0.2) is 0 Å². The van der Waals surface area contributed by atoms with Crippen LogP contribution in [0.5, 0.6) is 0 Å². The fourth-order valence-electron chi connectivity index (χ4n) is 2.26. The van der Waals surface area contributed by atoms with Crippen LogP contribution in [0.15, 0.2) is 33.4 Å². The van der Waals surface area contributed by atoms with E-state index in [1.54, 1.807) is 6.07 Å². The monoisotopic (exact) mass is 342 g/mol. The highest BCUT2D eigenvalue weighted by Crippen LogP contribution is 2.38. The van der Waals surface area contributed by atoms with E-state index in [1.165, 1.54) is 11.2 Å². The molecule has 3 rings (SSSR count). The molecule has 1 amide bonds. The third kappa shape index (κ3) is 1.94. The lowest BCUT2D eigenvalue weighted by molar-refractivity contribution is -0.119. The molecular weight excluding hydrogens is 334 g/mol. The van der Waals surface area contributed by atoms with Gasteiger partial charge in [0.1, 0.15) is 23.4 Å². The van der Waals surface area contributed by atoms with Crippen molar-refractivity contribution in [3.63, 3.8) is 0 Å². The first-order chi connectivity index (χ1) is 9.49. The summed E-state index contributed by atoms with van der Waals surface area (Å²) in [7, 11) is 0. The maximum atomic E-state index is 13.8. The van der Waals surface area contributed by atoms with Gasteiger partial charge in [0, 0.05) is 11.6 Å². The molecule has 2 aromatic rings. The molecule has 1 aliphatic heterocycles. The van der Waals surface area contributed by atoms with Crippen LogP contribution in [0.3, 0.4) is 0 Å². The second-order valence-corrected chi connectivity index (χ2v) is 5.27. The number of amides is 1. The van der Waals surface area contributed by atoms with Crippen LogP contribution in [0.2, 0.25) is 0 Å². The largest absolute Gasteiger partial charge is 0.466 e. The van der Waals surface area contributed by atoms with Crippen LogP contribution in [-0.2, 0) is 11.3 Å². The number of carbonyl (C=O) groups excluding carboxylic acids is 1. The molecule has 0 aliphatic carbocycles. The highest BCUT2D eigenvalue weighted by atomic mass is 79.9. The lowest BCUT2D eigenvalue weighted by atomic mass is 10.1. The van der Waals surface area contributed by atoms with E-state index in [4.69, 9.17) is 10.2 Å². The van der Waals surface area contributed by atoms with Gasteiger partial charge < -0.3 is 15.1 Å². The summed E-state index contributed by atoms with van der Waals surface area (Å²) in [5.74, 6) is -1.59. The van der Waals surface area contributed by atoms with Crippen LogP contribution < -0.4 is 10.6 Å². The minimum atomic E-state index is -1.13. The van der Waals surface area contributed by atoms with Gasteiger partial charge in [-0.15, -0.1) is 0 Å². The lowest BCUT2D eigenvalue weighted by Gasteiger charge is -2.16. The van der Waals surface area contributed by atoms with Crippen LogP contribution in [0, 0.1) is 11.6 Å². The lowest BCUT2D eigenvalue weighted by Crippen LogP contribution is -2.31. The number of carbonyl (C=O) groups is 1. The van der Waals surface area contributed by atoms with Gasteiger partial charge >= 0.3 is 0 Å². The van der Waals surface area contributed by atoms with Crippen molar-refractivity contribution >= 4 is 27.5 Å². The van der Waals surface area contributed by atoms with E-state index in [0.717, 1.165) is 12.1 Å². The molecule has 0 spiro atoms. The standard InChI is InChI=1S/C13H9BrF2N2O2/c14-7-1-2-20-10(7)5-18-9-4-6(15)3-8(16)11(9)12(17)13(18)19/h1-4,12H,5,17H2. The fourth-order valence-corrected chi connectivity index (χ4v) is 2.58. The number of nitrogens with two attached hydrogens (primary N) is 1. The number of nitrogens with zero attached hydrogens (tertiary/aromatic N) is 1. The first-order valence-electron chi connectivity index (χ1n) is 5.77. The minimum absolute atomic E-state index is 0.0130. The van der Waals surface area contributed by atoms with Crippen molar-refractivity contribution in [2.75, 3.05) is 4.90 Å². The number of rotatable bonds is 2. The molecule has 1 unspecified atom stereocenters. The van der Waals surface area contributed by atoms with Crippen LogP contribution in [0.1, 0.15) is 17.4 Å². The predicted molar refractivity (Wildman–Crippen MR) is 70.9 cm³/mol. The summed E-state index contributed by atoms with van der Waals surface area (Å²) in [4.78, 5) is 13.3. The Bertz CT molecular complexity index is 702. The highest BCUT2D eigenvalue weighted by Gasteiger charge is 2.38. The molecule has 2 N–H and O–H groups in total. The molecule has 20 heavy (non-hydrogen) atoms. The van der Waals surface area contributed by atoms with E-state index < -0.39 is 23.6 Å². The number of halogens is 3. The van der Waals surface area contributed by atoms with Gasteiger partial charge in [-0.25, -0.2) is 8.78 Å². The van der Waals surface area contributed by atoms with Gasteiger partial charge in [0.2, 0.25) is 5.91 Å². The van der Waals surface area contributed by atoms with E-state index in [1.807, 2.05) is 0 Å². The summed E-state index contributed by atoms with van der Waals surface area (Å²) < 4.78 is 33.0. The molecule has 1 aromatic carbocycles. The Labute approximate surface area is 121 Å². The average molecular weight is 343 g/mol. The quantitative estimate of drug-likeness (QED) is 0.912. The molecule has 7 heteroatoms. The first kappa shape index (κ1) is 13.3. The molecule has 0 saturated heterocycles. The Morgan fingerprint density at radius 2 is 2.15 bits per heavy atom. The second kappa shape index (κ2) is 4.68. The summed E-state index contributed by atoms with van der Waals surface area (Å²) in [6, 6.07) is 2.36. The summed E-state index contributed by atoms with van der Waals surface area (Å²) in [6.45, 7) is 0.0516. The van der Waals surface area contributed by atoms with Crippen LogP contribution >= 0.6 is 15.9 Å². The zero-order valence-corrected chi connectivity index (χ0v) is 11.7.